The highest BCUT2D eigenvalue weighted by molar-refractivity contribution is 7.14. The zero-order valence-corrected chi connectivity index (χ0v) is 19.4. The van der Waals surface area contributed by atoms with Crippen molar-refractivity contribution in [1.29, 1.82) is 0 Å². The number of carbonyl (C=O) groups excluding carboxylic acids is 2. The number of aromatic nitrogens is 1. The predicted octanol–water partition coefficient (Wildman–Crippen LogP) is 4.68. The summed E-state index contributed by atoms with van der Waals surface area (Å²) in [6.07, 6.45) is 3.37. The summed E-state index contributed by atoms with van der Waals surface area (Å²) in [7, 11) is 1.37. The topological polar surface area (TPSA) is 78.0 Å². The highest BCUT2D eigenvalue weighted by Crippen LogP contribution is 2.50. The summed E-state index contributed by atoms with van der Waals surface area (Å²) in [6, 6.07) is 5.42. The lowest BCUT2D eigenvalue weighted by Gasteiger charge is -2.58. The van der Waals surface area contributed by atoms with Gasteiger partial charge in [0.25, 0.3) is 0 Å². The fourth-order valence-electron chi connectivity index (χ4n) is 4.17. The molecule has 31 heavy (non-hydrogen) atoms. The Balaban J connectivity index is 1.39. The number of nitrogens with zero attached hydrogens (tertiary/aromatic N) is 2. The first-order valence-corrected chi connectivity index (χ1v) is 11.2. The third-order valence-electron chi connectivity index (χ3n) is 5.52. The van der Waals surface area contributed by atoms with E-state index in [0.29, 0.717) is 24.4 Å². The molecule has 1 saturated carbocycles. The Hall–Kier alpha value is -2.61. The molecule has 1 aromatic carbocycles. The van der Waals surface area contributed by atoms with Crippen molar-refractivity contribution in [2.45, 2.75) is 52.2 Å². The summed E-state index contributed by atoms with van der Waals surface area (Å²) in [4.78, 5) is 31.6. The van der Waals surface area contributed by atoms with E-state index in [9.17, 15) is 9.59 Å². The van der Waals surface area contributed by atoms with Crippen LogP contribution >= 0.6 is 11.3 Å². The molecule has 0 unspecified atom stereocenters. The number of benzene rings is 1. The number of aryl methyl sites for hydroxylation is 1. The average molecular weight is 445 g/mol. The van der Waals surface area contributed by atoms with Crippen LogP contribution in [-0.4, -0.2) is 53.9 Å². The lowest BCUT2D eigenvalue weighted by atomic mass is 9.62. The molecule has 1 aromatic heterocycles. The number of likely N-dealkylation sites (tertiary alicyclic amines) is 1. The van der Waals surface area contributed by atoms with Gasteiger partial charge in [-0.15, -0.1) is 11.3 Å². The lowest BCUT2D eigenvalue weighted by molar-refractivity contribution is -0.116. The van der Waals surface area contributed by atoms with Crippen molar-refractivity contribution in [2.75, 3.05) is 20.2 Å². The summed E-state index contributed by atoms with van der Waals surface area (Å²) in [5, 5.41) is 0.838. The molecule has 0 atom stereocenters. The maximum absolute atomic E-state index is 12.2. The van der Waals surface area contributed by atoms with Gasteiger partial charge in [-0.2, -0.15) is 0 Å². The Morgan fingerprint density at radius 2 is 1.90 bits per heavy atom. The van der Waals surface area contributed by atoms with E-state index in [2.05, 4.69) is 4.98 Å². The summed E-state index contributed by atoms with van der Waals surface area (Å²) in [5.74, 6) is 0.228. The fourth-order valence-corrected chi connectivity index (χ4v) is 4.93. The summed E-state index contributed by atoms with van der Waals surface area (Å²) >= 11 is 1.57. The summed E-state index contributed by atoms with van der Waals surface area (Å²) < 4.78 is 16.5. The number of ether oxygens (including phenoxy) is 3. The van der Waals surface area contributed by atoms with E-state index in [0.717, 1.165) is 28.3 Å². The third-order valence-corrected chi connectivity index (χ3v) is 6.49. The number of amides is 1. The minimum atomic E-state index is -0.483. The molecule has 1 amide bonds. The molecule has 1 aliphatic carbocycles. The zero-order chi connectivity index (χ0) is 22.4. The molecule has 7 nitrogen and oxygen atoms in total. The third kappa shape index (κ3) is 4.69. The normalized spacial score (nSPS) is 17.6. The molecule has 0 bridgehead atoms. The molecule has 0 radical (unpaired) electrons. The zero-order valence-electron chi connectivity index (χ0n) is 18.6. The molecular weight excluding hydrogens is 416 g/mol. The second kappa shape index (κ2) is 7.82. The Kier molecular flexibility index (Phi) is 5.45. The maximum Gasteiger partial charge on any atom is 0.410 e. The molecule has 2 aromatic rings. The Labute approximate surface area is 186 Å². The van der Waals surface area contributed by atoms with Crippen LogP contribution in [0.25, 0.3) is 10.6 Å². The van der Waals surface area contributed by atoms with Gasteiger partial charge in [0.1, 0.15) is 22.5 Å². The molecule has 1 aliphatic heterocycles. The SMILES string of the molecule is COC(=O)c1cc(OC2CC3(C2)CN(C(=O)OC(C)(C)C)C3)cc(-c2ncc(C)s2)c1. The largest absolute Gasteiger partial charge is 0.490 e. The molecule has 2 fully saturated rings. The Bertz CT molecular complexity index is 996. The summed E-state index contributed by atoms with van der Waals surface area (Å²) in [5.41, 5.74) is 0.918. The van der Waals surface area contributed by atoms with Gasteiger partial charge in [0.05, 0.1) is 12.7 Å². The first-order chi connectivity index (χ1) is 14.6. The summed E-state index contributed by atoms with van der Waals surface area (Å²) in [6.45, 7) is 9.02. The van der Waals surface area contributed by atoms with Crippen LogP contribution in [0.4, 0.5) is 4.79 Å². The van der Waals surface area contributed by atoms with E-state index in [4.69, 9.17) is 14.2 Å². The maximum atomic E-state index is 12.2. The van der Waals surface area contributed by atoms with Gasteiger partial charge in [-0.3, -0.25) is 0 Å². The van der Waals surface area contributed by atoms with Gasteiger partial charge < -0.3 is 19.1 Å². The molecular formula is C23H28N2O5S. The number of rotatable bonds is 4. The highest BCUT2D eigenvalue weighted by atomic mass is 32.1. The van der Waals surface area contributed by atoms with Gasteiger partial charge in [-0.1, -0.05) is 0 Å². The number of carbonyl (C=O) groups is 2. The highest BCUT2D eigenvalue weighted by Gasteiger charge is 2.55. The molecule has 1 spiro atoms. The van der Waals surface area contributed by atoms with Crippen molar-refractivity contribution < 1.29 is 23.8 Å². The first-order valence-electron chi connectivity index (χ1n) is 10.4. The van der Waals surface area contributed by atoms with E-state index in [1.54, 1.807) is 28.4 Å². The van der Waals surface area contributed by atoms with E-state index in [1.807, 2.05) is 40.0 Å². The van der Waals surface area contributed by atoms with Gasteiger partial charge in [0, 0.05) is 35.1 Å². The Morgan fingerprint density at radius 3 is 2.48 bits per heavy atom. The van der Waals surface area contributed by atoms with Crippen molar-refractivity contribution in [1.82, 2.24) is 9.88 Å². The fraction of sp³-hybridized carbons (Fsp3) is 0.522. The smallest absolute Gasteiger partial charge is 0.410 e. The van der Waals surface area contributed by atoms with E-state index >= 15 is 0 Å². The Morgan fingerprint density at radius 1 is 1.19 bits per heavy atom. The lowest BCUT2D eigenvalue weighted by Crippen LogP contribution is -2.66. The number of esters is 1. The second-order valence-corrected chi connectivity index (χ2v) is 10.7. The van der Waals surface area contributed by atoms with Crippen LogP contribution < -0.4 is 4.74 Å². The molecule has 0 N–H and O–H groups in total. The quantitative estimate of drug-likeness (QED) is 0.637. The van der Waals surface area contributed by atoms with Crippen LogP contribution in [-0.2, 0) is 9.47 Å². The monoisotopic (exact) mass is 444 g/mol. The van der Waals surface area contributed by atoms with Crippen LogP contribution in [0.2, 0.25) is 0 Å². The van der Waals surface area contributed by atoms with Gasteiger partial charge >= 0.3 is 12.1 Å². The molecule has 8 heteroatoms. The number of thiazole rings is 1. The van der Waals surface area contributed by atoms with Gasteiger partial charge in [-0.05, 0) is 58.7 Å². The van der Waals surface area contributed by atoms with Crippen LogP contribution in [0.15, 0.2) is 24.4 Å². The molecule has 2 aliphatic rings. The van der Waals surface area contributed by atoms with Crippen molar-refractivity contribution >= 4 is 23.4 Å². The van der Waals surface area contributed by atoms with Crippen LogP contribution in [0.1, 0.15) is 48.8 Å². The molecule has 2 heterocycles. The van der Waals surface area contributed by atoms with E-state index < -0.39 is 11.6 Å². The van der Waals surface area contributed by atoms with Crippen LogP contribution in [0, 0.1) is 12.3 Å². The molecule has 4 rings (SSSR count). The minimum absolute atomic E-state index is 0.0552. The number of hydrogen-bond donors (Lipinski definition) is 0. The molecule has 1 saturated heterocycles. The second-order valence-electron chi connectivity index (χ2n) is 9.50. The van der Waals surface area contributed by atoms with E-state index in [-0.39, 0.29) is 17.6 Å². The van der Waals surface area contributed by atoms with Gasteiger partial charge in [0.15, 0.2) is 0 Å². The van der Waals surface area contributed by atoms with E-state index in [1.165, 1.54) is 7.11 Å². The van der Waals surface area contributed by atoms with Crippen molar-refractivity contribution in [3.05, 3.63) is 34.8 Å². The van der Waals surface area contributed by atoms with Crippen molar-refractivity contribution in [2.24, 2.45) is 5.41 Å². The molecule has 166 valence electrons. The minimum Gasteiger partial charge on any atom is -0.490 e. The van der Waals surface area contributed by atoms with Crippen molar-refractivity contribution in [3.8, 4) is 16.3 Å². The average Bonchev–Trinajstić information content (AvgIpc) is 3.06. The van der Waals surface area contributed by atoms with Crippen molar-refractivity contribution in [3.63, 3.8) is 0 Å². The van der Waals surface area contributed by atoms with Gasteiger partial charge in [-0.25, -0.2) is 14.6 Å². The van der Waals surface area contributed by atoms with Gasteiger partial charge in [0.2, 0.25) is 0 Å². The standard InChI is InChI=1S/C23H28N2O5S/c1-14-11-24-19(31-14)15-6-16(20(26)28-5)8-17(7-15)29-18-9-23(10-18)12-25(13-23)21(27)30-22(2,3)4/h6-8,11,18H,9-10,12-13H2,1-5H3. The predicted molar refractivity (Wildman–Crippen MR) is 118 cm³/mol. The number of methoxy groups -OCH3 is 1. The van der Waals surface area contributed by atoms with Crippen LogP contribution in [0.3, 0.4) is 0 Å². The van der Waals surface area contributed by atoms with Crippen LogP contribution in [0.5, 0.6) is 5.75 Å². The first kappa shape index (κ1) is 21.6. The number of hydrogen-bond acceptors (Lipinski definition) is 7.